The van der Waals surface area contributed by atoms with Crippen molar-refractivity contribution in [2.24, 2.45) is 0 Å². The zero-order valence-corrected chi connectivity index (χ0v) is 23.8. The Morgan fingerprint density at radius 2 is 1.91 bits per heavy atom. The number of benzene rings is 1. The molecule has 0 radical (unpaired) electrons. The second-order valence-corrected chi connectivity index (χ2v) is 18.9. The minimum atomic E-state index is -1.29. The first-order valence-electron chi connectivity index (χ1n) is 12.1. The zero-order valence-electron chi connectivity index (χ0n) is 22.0. The molecule has 34 heavy (non-hydrogen) atoms. The highest BCUT2D eigenvalue weighted by Gasteiger charge is 2.54. The first-order chi connectivity index (χ1) is 15.9. The van der Waals surface area contributed by atoms with Crippen molar-refractivity contribution in [1.29, 1.82) is 0 Å². The SMILES string of the molecule is C=CCOC(=O)C(CC)c1ccc(C2(N(COCC[Si](C)(C)C)[S+]([O-])C(C)(C)C)COC2)cc1. The van der Waals surface area contributed by atoms with Crippen LogP contribution >= 0.6 is 0 Å². The summed E-state index contributed by atoms with van der Waals surface area (Å²) >= 11 is -1.29. The van der Waals surface area contributed by atoms with Crippen LogP contribution in [0.15, 0.2) is 36.9 Å². The molecule has 1 aliphatic rings. The van der Waals surface area contributed by atoms with E-state index in [1.54, 1.807) is 6.08 Å². The number of carbonyl (C=O) groups is 1. The van der Waals surface area contributed by atoms with Gasteiger partial charge in [0.2, 0.25) is 0 Å². The quantitative estimate of drug-likeness (QED) is 0.0908. The molecule has 1 fully saturated rings. The topological polar surface area (TPSA) is 71.1 Å². The van der Waals surface area contributed by atoms with E-state index in [0.717, 1.165) is 17.2 Å². The summed E-state index contributed by atoms with van der Waals surface area (Å²) < 4.78 is 32.2. The van der Waals surface area contributed by atoms with E-state index < -0.39 is 29.7 Å². The third-order valence-electron chi connectivity index (χ3n) is 5.97. The standard InChI is InChI=1S/C26H43NO5SSi/c1-9-15-32-24(28)23(10-2)21-11-13-22(14-12-21)26(18-31-19-26)27(33(29)25(3,4)5)20-30-16-17-34(6,7)8/h9,11-14,23H,1,10,15-20H2,2-8H3. The van der Waals surface area contributed by atoms with Crippen LogP contribution in [0.3, 0.4) is 0 Å². The summed E-state index contributed by atoms with van der Waals surface area (Å²) in [7, 11) is -1.22. The second kappa shape index (κ2) is 12.2. The lowest BCUT2D eigenvalue weighted by atomic mass is 9.86. The van der Waals surface area contributed by atoms with E-state index in [9.17, 15) is 9.35 Å². The first kappa shape index (κ1) is 29.1. The Kier molecular flexibility index (Phi) is 10.4. The monoisotopic (exact) mass is 509 g/mol. The molecule has 0 bridgehead atoms. The van der Waals surface area contributed by atoms with E-state index in [2.05, 4.69) is 26.2 Å². The van der Waals surface area contributed by atoms with Gasteiger partial charge in [-0.1, -0.05) is 67.8 Å². The maximum absolute atomic E-state index is 13.6. The van der Waals surface area contributed by atoms with Crippen LogP contribution in [0.25, 0.3) is 0 Å². The molecule has 0 saturated carbocycles. The molecule has 1 saturated heterocycles. The normalized spacial score (nSPS) is 17.7. The molecule has 1 aromatic rings. The van der Waals surface area contributed by atoms with Crippen LogP contribution in [-0.4, -0.2) is 60.8 Å². The summed E-state index contributed by atoms with van der Waals surface area (Å²) in [5.41, 5.74) is 1.40. The van der Waals surface area contributed by atoms with Gasteiger partial charge in [-0.15, -0.1) is 0 Å². The summed E-state index contributed by atoms with van der Waals surface area (Å²) in [6.07, 6.45) is 2.22. The molecule has 2 atom stereocenters. The smallest absolute Gasteiger partial charge is 0.313 e. The third kappa shape index (κ3) is 7.42. The molecule has 6 nitrogen and oxygen atoms in total. The Labute approximate surface area is 210 Å². The molecule has 0 N–H and O–H groups in total. The van der Waals surface area contributed by atoms with Gasteiger partial charge in [-0.05, 0) is 44.4 Å². The fraction of sp³-hybridized carbons (Fsp3) is 0.654. The van der Waals surface area contributed by atoms with Gasteiger partial charge < -0.3 is 18.8 Å². The van der Waals surface area contributed by atoms with Crippen LogP contribution in [0, 0.1) is 0 Å². The average molecular weight is 510 g/mol. The van der Waals surface area contributed by atoms with Crippen molar-refractivity contribution in [2.45, 2.75) is 76.0 Å². The van der Waals surface area contributed by atoms with Crippen molar-refractivity contribution in [2.75, 3.05) is 33.2 Å². The molecule has 1 aromatic carbocycles. The summed E-state index contributed by atoms with van der Waals surface area (Å²) in [5, 5.41) is 0. The summed E-state index contributed by atoms with van der Waals surface area (Å²) in [6.45, 7) is 20.5. The maximum atomic E-state index is 13.6. The van der Waals surface area contributed by atoms with Gasteiger partial charge in [0.25, 0.3) is 0 Å². The number of hydrogen-bond donors (Lipinski definition) is 0. The Bertz CT molecular complexity index is 799. The molecule has 0 amide bonds. The molecule has 8 heteroatoms. The van der Waals surface area contributed by atoms with Crippen molar-refractivity contribution in [3.63, 3.8) is 0 Å². The fourth-order valence-corrected chi connectivity index (χ4v) is 5.86. The van der Waals surface area contributed by atoms with Crippen LogP contribution in [0.2, 0.25) is 25.7 Å². The molecule has 2 rings (SSSR count). The Morgan fingerprint density at radius 3 is 2.35 bits per heavy atom. The van der Waals surface area contributed by atoms with E-state index in [0.29, 0.717) is 26.2 Å². The second-order valence-electron chi connectivity index (χ2n) is 11.1. The van der Waals surface area contributed by atoms with Crippen molar-refractivity contribution >= 4 is 25.4 Å². The molecule has 0 spiro atoms. The van der Waals surface area contributed by atoms with Crippen molar-refractivity contribution < 1.29 is 23.6 Å². The Hall–Kier alpha value is -1.16. The van der Waals surface area contributed by atoms with Gasteiger partial charge in [0, 0.05) is 26.0 Å². The van der Waals surface area contributed by atoms with Gasteiger partial charge in [0.05, 0.1) is 19.1 Å². The molecule has 0 aliphatic carbocycles. The van der Waals surface area contributed by atoms with E-state index in [1.165, 1.54) is 0 Å². The number of nitrogens with zero attached hydrogens (tertiary/aromatic N) is 1. The highest BCUT2D eigenvalue weighted by atomic mass is 32.2. The van der Waals surface area contributed by atoms with Gasteiger partial charge >= 0.3 is 5.97 Å². The number of esters is 1. The maximum Gasteiger partial charge on any atom is 0.313 e. The minimum absolute atomic E-state index is 0.207. The van der Waals surface area contributed by atoms with E-state index >= 15 is 0 Å². The van der Waals surface area contributed by atoms with Crippen LogP contribution < -0.4 is 0 Å². The Balaban J connectivity index is 2.28. The highest BCUT2D eigenvalue weighted by Crippen LogP contribution is 2.41. The van der Waals surface area contributed by atoms with E-state index in [4.69, 9.17) is 14.2 Å². The lowest BCUT2D eigenvalue weighted by Gasteiger charge is -2.50. The summed E-state index contributed by atoms with van der Waals surface area (Å²) in [5.74, 6) is -0.574. The van der Waals surface area contributed by atoms with E-state index in [-0.39, 0.29) is 25.2 Å². The molecule has 2 unspecified atom stereocenters. The van der Waals surface area contributed by atoms with Crippen molar-refractivity contribution in [3.8, 4) is 0 Å². The van der Waals surface area contributed by atoms with Gasteiger partial charge in [-0.2, -0.15) is 0 Å². The zero-order chi connectivity index (χ0) is 25.6. The average Bonchev–Trinajstić information content (AvgIpc) is 2.72. The van der Waals surface area contributed by atoms with Gasteiger partial charge in [0.1, 0.15) is 23.6 Å². The predicted molar refractivity (Wildman–Crippen MR) is 142 cm³/mol. The number of carbonyl (C=O) groups excluding carboxylic acids is 1. The number of ether oxygens (including phenoxy) is 3. The summed E-state index contributed by atoms with van der Waals surface area (Å²) in [4.78, 5) is 12.5. The van der Waals surface area contributed by atoms with Crippen molar-refractivity contribution in [3.05, 3.63) is 48.0 Å². The fourth-order valence-electron chi connectivity index (χ4n) is 3.74. The van der Waals surface area contributed by atoms with Crippen LogP contribution in [0.5, 0.6) is 0 Å². The molecule has 0 aromatic heterocycles. The summed E-state index contributed by atoms with van der Waals surface area (Å²) in [6, 6.07) is 9.06. The number of rotatable bonds is 13. The highest BCUT2D eigenvalue weighted by molar-refractivity contribution is 7.90. The van der Waals surface area contributed by atoms with Gasteiger partial charge in [-0.3, -0.25) is 4.79 Å². The third-order valence-corrected chi connectivity index (χ3v) is 9.58. The van der Waals surface area contributed by atoms with Crippen LogP contribution in [0.1, 0.15) is 51.2 Å². The molecule has 1 heterocycles. The number of hydrogen-bond acceptors (Lipinski definition) is 6. The predicted octanol–water partition coefficient (Wildman–Crippen LogP) is 5.21. The minimum Gasteiger partial charge on any atom is -0.597 e. The molecular formula is C26H43NO5SSi. The lowest BCUT2D eigenvalue weighted by Crippen LogP contribution is -2.64. The molecule has 1 aliphatic heterocycles. The van der Waals surface area contributed by atoms with E-state index in [1.807, 2.05) is 56.3 Å². The lowest BCUT2D eigenvalue weighted by molar-refractivity contribution is -0.144. The van der Waals surface area contributed by atoms with Crippen LogP contribution in [-0.2, 0) is 35.9 Å². The van der Waals surface area contributed by atoms with Crippen molar-refractivity contribution in [1.82, 2.24) is 4.31 Å². The molecular weight excluding hydrogens is 466 g/mol. The first-order valence-corrected chi connectivity index (χ1v) is 16.9. The van der Waals surface area contributed by atoms with Crippen LogP contribution in [0.4, 0.5) is 0 Å². The molecule has 192 valence electrons. The largest absolute Gasteiger partial charge is 0.597 e. The Morgan fingerprint density at radius 1 is 1.29 bits per heavy atom. The van der Waals surface area contributed by atoms with Gasteiger partial charge in [0.15, 0.2) is 0 Å². The van der Waals surface area contributed by atoms with Gasteiger partial charge in [-0.25, -0.2) is 0 Å².